The average molecular weight is 316 g/mol. The number of thioether (sulfide) groups is 1. The van der Waals surface area contributed by atoms with Gasteiger partial charge >= 0.3 is 0 Å². The van der Waals surface area contributed by atoms with Gasteiger partial charge in [0.1, 0.15) is 0 Å². The van der Waals surface area contributed by atoms with Gasteiger partial charge < -0.3 is 5.32 Å². The molecule has 1 atom stereocenters. The molecule has 0 heterocycles. The minimum absolute atomic E-state index is 0.0822. The summed E-state index contributed by atoms with van der Waals surface area (Å²) in [6.45, 7) is 2.34. The van der Waals surface area contributed by atoms with Gasteiger partial charge in [0.05, 0.1) is 11.5 Å². The van der Waals surface area contributed by atoms with E-state index in [1.165, 1.54) is 5.56 Å². The van der Waals surface area contributed by atoms with Crippen molar-refractivity contribution >= 4 is 27.7 Å². The maximum Gasteiger partial charge on any atom is 0.232 e. The molecule has 0 spiro atoms. The van der Waals surface area contributed by atoms with Gasteiger partial charge in [-0.1, -0.05) is 30.3 Å². The summed E-state index contributed by atoms with van der Waals surface area (Å²) in [5.41, 5.74) is 1.18. The molecule has 0 aliphatic carbocycles. The molecule has 0 fully saturated rings. The molecule has 1 amide bonds. The Labute approximate surface area is 124 Å². The number of carbonyl (C=O) groups excluding carboxylic acids is 1. The Bertz CT molecular complexity index is 518. The molecule has 20 heavy (non-hydrogen) atoms. The van der Waals surface area contributed by atoms with Crippen molar-refractivity contribution in [3.05, 3.63) is 35.9 Å². The number of hydrogen-bond acceptors (Lipinski definition) is 4. The standard InChI is InChI=1S/C13H20N2O3S2/c1-11(19-10-12-6-4-3-5-7-12)13(16)14-8-9-15-20(2,17)18/h3-7,11,15H,8-10H2,1-2H3,(H,14,16)/t11-/m1/s1. The third-order valence-corrected chi connectivity index (χ3v) is 4.44. The maximum absolute atomic E-state index is 11.8. The third kappa shape index (κ3) is 7.52. The Hall–Kier alpha value is -1.05. The number of benzene rings is 1. The summed E-state index contributed by atoms with van der Waals surface area (Å²) >= 11 is 1.55. The van der Waals surface area contributed by atoms with Crippen molar-refractivity contribution in [2.45, 2.75) is 17.9 Å². The Morgan fingerprint density at radius 3 is 2.50 bits per heavy atom. The van der Waals surface area contributed by atoms with E-state index in [1.807, 2.05) is 37.3 Å². The zero-order valence-electron chi connectivity index (χ0n) is 11.6. The van der Waals surface area contributed by atoms with Crippen LogP contribution in [0.1, 0.15) is 12.5 Å². The van der Waals surface area contributed by atoms with E-state index >= 15 is 0 Å². The quantitative estimate of drug-likeness (QED) is 0.701. The molecule has 0 radical (unpaired) electrons. The molecule has 0 aliphatic heterocycles. The molecule has 0 aromatic heterocycles. The van der Waals surface area contributed by atoms with Gasteiger partial charge in [-0.05, 0) is 12.5 Å². The van der Waals surface area contributed by atoms with Crippen LogP contribution in [0.25, 0.3) is 0 Å². The van der Waals surface area contributed by atoms with Gasteiger partial charge in [0.15, 0.2) is 0 Å². The predicted octanol–water partition coefficient (Wildman–Crippen LogP) is 0.974. The van der Waals surface area contributed by atoms with Gasteiger partial charge in [-0.25, -0.2) is 13.1 Å². The highest BCUT2D eigenvalue weighted by Crippen LogP contribution is 2.17. The minimum atomic E-state index is -3.20. The fourth-order valence-electron chi connectivity index (χ4n) is 1.44. The summed E-state index contributed by atoms with van der Waals surface area (Å²) < 4.78 is 24.0. The lowest BCUT2D eigenvalue weighted by molar-refractivity contribution is -0.120. The summed E-state index contributed by atoms with van der Waals surface area (Å²) in [5, 5.41) is 2.53. The van der Waals surface area contributed by atoms with Gasteiger partial charge in [-0.3, -0.25) is 4.79 Å². The number of rotatable bonds is 8. The largest absolute Gasteiger partial charge is 0.354 e. The molecule has 5 nitrogen and oxygen atoms in total. The molecule has 0 aliphatic rings. The zero-order chi connectivity index (χ0) is 15.0. The second-order valence-corrected chi connectivity index (χ2v) is 7.56. The van der Waals surface area contributed by atoms with Crippen molar-refractivity contribution in [3.63, 3.8) is 0 Å². The Balaban J connectivity index is 2.22. The van der Waals surface area contributed by atoms with Crippen LogP contribution in [-0.2, 0) is 20.6 Å². The Kier molecular flexibility index (Phi) is 7.04. The van der Waals surface area contributed by atoms with Crippen LogP contribution in [0.5, 0.6) is 0 Å². The Morgan fingerprint density at radius 2 is 1.90 bits per heavy atom. The molecule has 1 aromatic carbocycles. The summed E-state index contributed by atoms with van der Waals surface area (Å²) in [6.07, 6.45) is 1.09. The molecule has 2 N–H and O–H groups in total. The normalized spacial score (nSPS) is 12.9. The lowest BCUT2D eigenvalue weighted by Gasteiger charge is -2.12. The van der Waals surface area contributed by atoms with Crippen molar-refractivity contribution in [2.75, 3.05) is 19.3 Å². The van der Waals surface area contributed by atoms with E-state index in [0.29, 0.717) is 6.54 Å². The minimum Gasteiger partial charge on any atom is -0.354 e. The van der Waals surface area contributed by atoms with Gasteiger partial charge in [-0.15, -0.1) is 11.8 Å². The number of amides is 1. The fourth-order valence-corrected chi connectivity index (χ4v) is 2.78. The maximum atomic E-state index is 11.8. The lowest BCUT2D eigenvalue weighted by Crippen LogP contribution is -2.37. The molecule has 0 saturated carbocycles. The van der Waals surface area contributed by atoms with Gasteiger partial charge in [0.25, 0.3) is 0 Å². The van der Waals surface area contributed by atoms with E-state index in [2.05, 4.69) is 10.0 Å². The molecule has 0 unspecified atom stereocenters. The first-order valence-electron chi connectivity index (χ1n) is 6.26. The van der Waals surface area contributed by atoms with E-state index < -0.39 is 10.0 Å². The molecule has 112 valence electrons. The number of nitrogens with one attached hydrogen (secondary N) is 2. The SMILES string of the molecule is C[C@@H](SCc1ccccc1)C(=O)NCCNS(C)(=O)=O. The predicted molar refractivity (Wildman–Crippen MR) is 83.1 cm³/mol. The molecular formula is C13H20N2O3S2. The van der Waals surface area contributed by atoms with Gasteiger partial charge in [0, 0.05) is 18.8 Å². The van der Waals surface area contributed by atoms with Crippen LogP contribution in [-0.4, -0.2) is 38.9 Å². The van der Waals surface area contributed by atoms with Crippen molar-refractivity contribution < 1.29 is 13.2 Å². The highest BCUT2D eigenvalue weighted by Gasteiger charge is 2.12. The van der Waals surface area contributed by atoms with E-state index in [1.54, 1.807) is 11.8 Å². The topological polar surface area (TPSA) is 75.3 Å². The van der Waals surface area contributed by atoms with Crippen molar-refractivity contribution in [1.82, 2.24) is 10.0 Å². The van der Waals surface area contributed by atoms with E-state index in [9.17, 15) is 13.2 Å². The van der Waals surface area contributed by atoms with Crippen LogP contribution in [0, 0.1) is 0 Å². The highest BCUT2D eigenvalue weighted by atomic mass is 32.2. The summed E-state index contributed by atoms with van der Waals surface area (Å²) in [6, 6.07) is 9.94. The highest BCUT2D eigenvalue weighted by molar-refractivity contribution is 7.99. The van der Waals surface area contributed by atoms with Crippen LogP contribution in [0.3, 0.4) is 0 Å². The van der Waals surface area contributed by atoms with Gasteiger partial charge in [-0.2, -0.15) is 0 Å². The molecular weight excluding hydrogens is 296 g/mol. The monoisotopic (exact) mass is 316 g/mol. The molecule has 1 aromatic rings. The van der Waals surface area contributed by atoms with Gasteiger partial charge in [0.2, 0.25) is 15.9 Å². The first-order chi connectivity index (χ1) is 9.38. The van der Waals surface area contributed by atoms with E-state index in [-0.39, 0.29) is 17.7 Å². The summed E-state index contributed by atoms with van der Waals surface area (Å²) in [7, 11) is -3.20. The zero-order valence-corrected chi connectivity index (χ0v) is 13.3. The Morgan fingerprint density at radius 1 is 1.25 bits per heavy atom. The van der Waals surface area contributed by atoms with Crippen molar-refractivity contribution in [3.8, 4) is 0 Å². The number of sulfonamides is 1. The molecule has 0 saturated heterocycles. The average Bonchev–Trinajstić information content (AvgIpc) is 2.40. The smallest absolute Gasteiger partial charge is 0.232 e. The third-order valence-electron chi connectivity index (χ3n) is 2.50. The van der Waals surface area contributed by atoms with Crippen LogP contribution in [0.4, 0.5) is 0 Å². The van der Waals surface area contributed by atoms with Crippen molar-refractivity contribution in [1.29, 1.82) is 0 Å². The van der Waals surface area contributed by atoms with Crippen LogP contribution >= 0.6 is 11.8 Å². The number of carbonyl (C=O) groups is 1. The number of hydrogen-bond donors (Lipinski definition) is 2. The first kappa shape index (κ1) is 17.0. The van der Waals surface area contributed by atoms with Crippen LogP contribution in [0.15, 0.2) is 30.3 Å². The lowest BCUT2D eigenvalue weighted by atomic mass is 10.2. The fraction of sp³-hybridized carbons (Fsp3) is 0.462. The van der Waals surface area contributed by atoms with E-state index in [0.717, 1.165) is 12.0 Å². The second kappa shape index (κ2) is 8.28. The molecule has 1 rings (SSSR count). The van der Waals surface area contributed by atoms with Crippen molar-refractivity contribution in [2.24, 2.45) is 0 Å². The van der Waals surface area contributed by atoms with Crippen LogP contribution in [0.2, 0.25) is 0 Å². The van der Waals surface area contributed by atoms with Crippen LogP contribution < -0.4 is 10.0 Å². The van der Waals surface area contributed by atoms with E-state index in [4.69, 9.17) is 0 Å². The molecule has 0 bridgehead atoms. The summed E-state index contributed by atoms with van der Waals surface area (Å²) in [4.78, 5) is 11.8. The second-order valence-electron chi connectivity index (χ2n) is 4.40. The first-order valence-corrected chi connectivity index (χ1v) is 9.20. The molecule has 7 heteroatoms. The summed E-state index contributed by atoms with van der Waals surface area (Å²) in [5.74, 6) is 0.693.